The Morgan fingerprint density at radius 2 is 1.58 bits per heavy atom. The Kier molecular flexibility index (Phi) is 5.79. The lowest BCUT2D eigenvalue weighted by atomic mass is 10.2. The first-order valence-corrected chi connectivity index (χ1v) is 9.58. The van der Waals surface area contributed by atoms with E-state index in [1.165, 1.54) is 6.26 Å². The van der Waals surface area contributed by atoms with Gasteiger partial charge in [0.25, 0.3) is 5.91 Å². The molecule has 1 amide bonds. The van der Waals surface area contributed by atoms with Crippen LogP contribution < -0.4 is 20.7 Å². The van der Waals surface area contributed by atoms with Gasteiger partial charge in [0.1, 0.15) is 11.6 Å². The van der Waals surface area contributed by atoms with Crippen molar-refractivity contribution in [1.29, 1.82) is 0 Å². The highest BCUT2D eigenvalue weighted by Crippen LogP contribution is 2.22. The molecule has 0 aliphatic heterocycles. The van der Waals surface area contributed by atoms with E-state index in [2.05, 4.69) is 25.9 Å². The van der Waals surface area contributed by atoms with E-state index in [9.17, 15) is 4.79 Å². The Hall–Kier alpha value is -4.33. The van der Waals surface area contributed by atoms with Crippen molar-refractivity contribution >= 4 is 34.7 Å². The molecule has 4 rings (SSSR count). The van der Waals surface area contributed by atoms with Crippen LogP contribution in [0.2, 0.25) is 0 Å². The quantitative estimate of drug-likeness (QED) is 0.385. The van der Waals surface area contributed by atoms with Gasteiger partial charge in [0, 0.05) is 28.8 Å². The lowest BCUT2D eigenvalue weighted by Gasteiger charge is -2.11. The molecule has 0 aliphatic carbocycles. The number of furan rings is 1. The van der Waals surface area contributed by atoms with Crippen LogP contribution in [0, 0.1) is 6.92 Å². The summed E-state index contributed by atoms with van der Waals surface area (Å²) in [6, 6.07) is 20.0. The lowest BCUT2D eigenvalue weighted by molar-refractivity contribution is 0.0996. The van der Waals surface area contributed by atoms with Gasteiger partial charge in [-0.2, -0.15) is 4.98 Å². The molecule has 0 saturated heterocycles. The fourth-order valence-electron chi connectivity index (χ4n) is 2.88. The maximum absolute atomic E-state index is 12.1. The zero-order valence-electron chi connectivity index (χ0n) is 17.0. The SMILES string of the molecule is COc1ccc(Nc2cc(C)nc(Nc3ccc(NC(=O)c4ccco4)cc3)n2)cc1. The van der Waals surface area contributed by atoms with Gasteiger partial charge >= 0.3 is 0 Å². The van der Waals surface area contributed by atoms with Crippen molar-refractivity contribution in [2.45, 2.75) is 6.92 Å². The van der Waals surface area contributed by atoms with Gasteiger partial charge in [0.15, 0.2) is 5.76 Å². The molecular formula is C23H21N5O3. The second-order valence-corrected chi connectivity index (χ2v) is 6.71. The van der Waals surface area contributed by atoms with E-state index in [-0.39, 0.29) is 11.7 Å². The molecule has 31 heavy (non-hydrogen) atoms. The van der Waals surface area contributed by atoms with Crippen molar-refractivity contribution in [3.63, 3.8) is 0 Å². The van der Waals surface area contributed by atoms with Gasteiger partial charge in [-0.05, 0) is 67.6 Å². The Morgan fingerprint density at radius 1 is 0.903 bits per heavy atom. The fourth-order valence-corrected chi connectivity index (χ4v) is 2.88. The standard InChI is InChI=1S/C23H21N5O3/c1-15-14-21(25-16-9-11-19(30-2)12-10-16)28-23(24-15)27-18-7-5-17(6-8-18)26-22(29)20-4-3-13-31-20/h3-14H,1-2H3,(H,26,29)(H2,24,25,27,28). The fraction of sp³-hybridized carbons (Fsp3) is 0.0870. The van der Waals surface area contributed by atoms with Crippen LogP contribution in [0.4, 0.5) is 28.8 Å². The number of rotatable bonds is 7. The maximum Gasteiger partial charge on any atom is 0.291 e. The summed E-state index contributed by atoms with van der Waals surface area (Å²) < 4.78 is 10.3. The largest absolute Gasteiger partial charge is 0.497 e. The van der Waals surface area contributed by atoms with Crippen LogP contribution in [0.1, 0.15) is 16.2 Å². The van der Waals surface area contributed by atoms with Crippen LogP contribution in [0.3, 0.4) is 0 Å². The summed E-state index contributed by atoms with van der Waals surface area (Å²) in [5, 5.41) is 9.23. The highest BCUT2D eigenvalue weighted by molar-refractivity contribution is 6.02. The smallest absolute Gasteiger partial charge is 0.291 e. The number of nitrogens with one attached hydrogen (secondary N) is 3. The molecule has 2 aromatic heterocycles. The summed E-state index contributed by atoms with van der Waals surface area (Å²) >= 11 is 0. The molecule has 0 radical (unpaired) electrons. The lowest BCUT2D eigenvalue weighted by Crippen LogP contribution is -2.10. The molecular weight excluding hydrogens is 394 g/mol. The molecule has 3 N–H and O–H groups in total. The average molecular weight is 415 g/mol. The first kappa shape index (κ1) is 20.0. The number of amides is 1. The van der Waals surface area contributed by atoms with Crippen molar-refractivity contribution in [2.24, 2.45) is 0 Å². The number of hydrogen-bond donors (Lipinski definition) is 3. The van der Waals surface area contributed by atoms with Crippen molar-refractivity contribution in [1.82, 2.24) is 9.97 Å². The Morgan fingerprint density at radius 3 is 2.26 bits per heavy atom. The van der Waals surface area contributed by atoms with E-state index >= 15 is 0 Å². The van der Waals surface area contributed by atoms with Crippen LogP contribution in [-0.2, 0) is 0 Å². The zero-order chi connectivity index (χ0) is 21.6. The summed E-state index contributed by atoms with van der Waals surface area (Å²) in [5.74, 6) is 1.87. The third-order valence-corrected chi connectivity index (χ3v) is 4.36. The van der Waals surface area contributed by atoms with Crippen LogP contribution in [0.25, 0.3) is 0 Å². The monoisotopic (exact) mass is 415 g/mol. The predicted molar refractivity (Wildman–Crippen MR) is 119 cm³/mol. The second-order valence-electron chi connectivity index (χ2n) is 6.71. The van der Waals surface area contributed by atoms with E-state index in [4.69, 9.17) is 9.15 Å². The Bertz CT molecular complexity index is 1160. The highest BCUT2D eigenvalue weighted by atomic mass is 16.5. The Balaban J connectivity index is 1.43. The molecule has 0 atom stereocenters. The summed E-state index contributed by atoms with van der Waals surface area (Å²) in [7, 11) is 1.63. The molecule has 0 fully saturated rings. The third kappa shape index (κ3) is 5.18. The number of methoxy groups -OCH3 is 1. The van der Waals surface area contributed by atoms with Crippen LogP contribution in [-0.4, -0.2) is 23.0 Å². The number of ether oxygens (including phenoxy) is 1. The summed E-state index contributed by atoms with van der Waals surface area (Å²) in [6.45, 7) is 1.90. The molecule has 0 saturated carbocycles. The third-order valence-electron chi connectivity index (χ3n) is 4.36. The normalized spacial score (nSPS) is 10.4. The van der Waals surface area contributed by atoms with Crippen LogP contribution >= 0.6 is 0 Å². The summed E-state index contributed by atoms with van der Waals surface area (Å²) in [6.07, 6.45) is 1.46. The summed E-state index contributed by atoms with van der Waals surface area (Å²) in [5.41, 5.74) is 3.15. The van der Waals surface area contributed by atoms with Gasteiger partial charge in [0.05, 0.1) is 13.4 Å². The van der Waals surface area contributed by atoms with Crippen molar-refractivity contribution < 1.29 is 13.9 Å². The number of carbonyl (C=O) groups is 1. The first-order valence-electron chi connectivity index (χ1n) is 9.58. The minimum Gasteiger partial charge on any atom is -0.497 e. The molecule has 2 aromatic carbocycles. The average Bonchev–Trinajstić information content (AvgIpc) is 3.30. The molecule has 0 bridgehead atoms. The second kappa shape index (κ2) is 9.00. The number of hydrogen-bond acceptors (Lipinski definition) is 7. The molecule has 4 aromatic rings. The van der Waals surface area contributed by atoms with Crippen LogP contribution in [0.15, 0.2) is 77.4 Å². The number of aromatic nitrogens is 2. The number of aryl methyl sites for hydroxylation is 1. The van der Waals surface area contributed by atoms with E-state index in [1.807, 2.05) is 49.4 Å². The molecule has 0 unspecified atom stereocenters. The molecule has 0 spiro atoms. The van der Waals surface area contributed by atoms with E-state index in [0.717, 1.165) is 22.8 Å². The van der Waals surface area contributed by atoms with Gasteiger partial charge < -0.3 is 25.1 Å². The molecule has 156 valence electrons. The number of carbonyl (C=O) groups excluding carboxylic acids is 1. The Labute approximate surface area is 179 Å². The molecule has 0 aliphatic rings. The van der Waals surface area contributed by atoms with Gasteiger partial charge in [-0.25, -0.2) is 4.98 Å². The molecule has 2 heterocycles. The van der Waals surface area contributed by atoms with Gasteiger partial charge in [-0.3, -0.25) is 4.79 Å². The minimum atomic E-state index is -0.304. The van der Waals surface area contributed by atoms with E-state index < -0.39 is 0 Å². The molecule has 8 heteroatoms. The van der Waals surface area contributed by atoms with Crippen molar-refractivity contribution in [3.8, 4) is 5.75 Å². The first-order chi connectivity index (χ1) is 15.1. The number of nitrogens with zero attached hydrogens (tertiary/aromatic N) is 2. The minimum absolute atomic E-state index is 0.257. The van der Waals surface area contributed by atoms with E-state index in [1.54, 1.807) is 31.4 Å². The topological polar surface area (TPSA) is 101 Å². The predicted octanol–water partition coefficient (Wildman–Crippen LogP) is 5.13. The van der Waals surface area contributed by atoms with Gasteiger partial charge in [-0.1, -0.05) is 0 Å². The molecule has 8 nitrogen and oxygen atoms in total. The zero-order valence-corrected chi connectivity index (χ0v) is 17.0. The van der Waals surface area contributed by atoms with E-state index in [0.29, 0.717) is 17.5 Å². The van der Waals surface area contributed by atoms with Gasteiger partial charge in [-0.15, -0.1) is 0 Å². The van der Waals surface area contributed by atoms with Gasteiger partial charge in [0.2, 0.25) is 5.95 Å². The highest BCUT2D eigenvalue weighted by Gasteiger charge is 2.09. The number of anilines is 5. The maximum atomic E-state index is 12.1. The van der Waals surface area contributed by atoms with Crippen LogP contribution in [0.5, 0.6) is 5.75 Å². The summed E-state index contributed by atoms with van der Waals surface area (Å²) in [4.78, 5) is 21.0. The van der Waals surface area contributed by atoms with Crippen molar-refractivity contribution in [3.05, 3.63) is 84.4 Å². The number of benzene rings is 2. The van der Waals surface area contributed by atoms with Crippen molar-refractivity contribution in [2.75, 3.05) is 23.1 Å².